The minimum atomic E-state index is -0.392. The third-order valence-corrected chi connectivity index (χ3v) is 5.26. The lowest BCUT2D eigenvalue weighted by atomic mass is 10.1. The lowest BCUT2D eigenvalue weighted by molar-refractivity contribution is -0.149. The number of likely N-dealkylation sites (N-methyl/N-ethyl adjacent to an activating group) is 1. The largest absolute Gasteiger partial charge is 0.465 e. The van der Waals surface area contributed by atoms with Crippen LogP contribution in [0.5, 0.6) is 0 Å². The van der Waals surface area contributed by atoms with Crippen molar-refractivity contribution in [1.82, 2.24) is 9.80 Å². The summed E-state index contributed by atoms with van der Waals surface area (Å²) in [5, 5.41) is 0. The lowest BCUT2D eigenvalue weighted by Gasteiger charge is -2.26. The van der Waals surface area contributed by atoms with Gasteiger partial charge in [-0.15, -0.1) is 0 Å². The molecule has 0 aliphatic rings. The summed E-state index contributed by atoms with van der Waals surface area (Å²) in [6.07, 6.45) is 11.2. The molecule has 0 aromatic carbocycles. The number of ether oxygens (including phenoxy) is 2. The summed E-state index contributed by atoms with van der Waals surface area (Å²) in [7, 11) is 0. The smallest absolute Gasteiger partial charge is 0.325 e. The van der Waals surface area contributed by atoms with Crippen LogP contribution in [0.1, 0.15) is 91.9 Å². The van der Waals surface area contributed by atoms with E-state index < -0.39 is 5.97 Å². The maximum atomic E-state index is 12.7. The third-order valence-electron chi connectivity index (χ3n) is 5.26. The molecule has 0 atom stereocenters. The molecule has 0 saturated heterocycles. The number of nitrogens with zero attached hydrogens (tertiary/aromatic N) is 2. The van der Waals surface area contributed by atoms with Gasteiger partial charge in [-0.25, -0.2) is 0 Å². The number of amides is 1. The number of unbranched alkanes of at least 4 members (excludes halogenated alkanes) is 8. The van der Waals surface area contributed by atoms with Crippen molar-refractivity contribution in [2.24, 2.45) is 0 Å². The number of esters is 2. The minimum Gasteiger partial charge on any atom is -0.465 e. The number of carbonyl (C=O) groups excluding carboxylic acids is 3. The van der Waals surface area contributed by atoms with Gasteiger partial charge in [0.05, 0.1) is 19.8 Å². The van der Waals surface area contributed by atoms with E-state index in [0.29, 0.717) is 39.3 Å². The molecule has 182 valence electrons. The molecule has 0 N–H and O–H groups in total. The van der Waals surface area contributed by atoms with Crippen LogP contribution in [0.2, 0.25) is 0 Å². The van der Waals surface area contributed by atoms with Gasteiger partial charge in [0.25, 0.3) is 0 Å². The van der Waals surface area contributed by atoms with E-state index in [1.165, 1.54) is 38.5 Å². The second-order valence-electron chi connectivity index (χ2n) is 7.87. The fourth-order valence-corrected chi connectivity index (χ4v) is 3.40. The van der Waals surface area contributed by atoms with Gasteiger partial charge in [-0.1, -0.05) is 65.2 Å². The van der Waals surface area contributed by atoms with Crippen LogP contribution in [-0.2, 0) is 23.9 Å². The van der Waals surface area contributed by atoms with Gasteiger partial charge in [-0.3, -0.25) is 19.3 Å². The molecule has 0 aromatic rings. The van der Waals surface area contributed by atoms with Gasteiger partial charge in [0.2, 0.25) is 5.91 Å². The molecule has 0 saturated carbocycles. The van der Waals surface area contributed by atoms with Gasteiger partial charge in [0.15, 0.2) is 0 Å². The van der Waals surface area contributed by atoms with Gasteiger partial charge in [0.1, 0.15) is 6.54 Å². The average Bonchev–Trinajstić information content (AvgIpc) is 2.74. The zero-order valence-electron chi connectivity index (χ0n) is 20.5. The van der Waals surface area contributed by atoms with Crippen molar-refractivity contribution >= 4 is 17.8 Å². The molecule has 0 spiro atoms. The molecule has 0 radical (unpaired) electrons. The van der Waals surface area contributed by atoms with Crippen LogP contribution in [0, 0.1) is 0 Å². The first kappa shape index (κ1) is 29.4. The fourth-order valence-electron chi connectivity index (χ4n) is 3.40. The fraction of sp³-hybridized carbons (Fsp3) is 0.875. The molecule has 7 heteroatoms. The quantitative estimate of drug-likeness (QED) is 0.208. The van der Waals surface area contributed by atoms with E-state index in [-0.39, 0.29) is 25.0 Å². The van der Waals surface area contributed by atoms with E-state index in [0.717, 1.165) is 19.3 Å². The van der Waals surface area contributed by atoms with Crippen LogP contribution >= 0.6 is 0 Å². The summed E-state index contributed by atoms with van der Waals surface area (Å²) in [6, 6.07) is 0. The highest BCUT2D eigenvalue weighted by atomic mass is 16.5. The van der Waals surface area contributed by atoms with Crippen LogP contribution < -0.4 is 0 Å². The Balaban J connectivity index is 4.42. The molecule has 0 heterocycles. The van der Waals surface area contributed by atoms with Crippen LogP contribution in [0.25, 0.3) is 0 Å². The Hall–Kier alpha value is -1.63. The van der Waals surface area contributed by atoms with Gasteiger partial charge in [0, 0.05) is 19.5 Å². The SMILES string of the molecule is CCCCCCCCCCCC(=O)N(CCN(CC)CC(=O)OCC)CC(=O)OCC. The van der Waals surface area contributed by atoms with E-state index >= 15 is 0 Å². The predicted molar refractivity (Wildman–Crippen MR) is 124 cm³/mol. The lowest BCUT2D eigenvalue weighted by Crippen LogP contribution is -2.43. The van der Waals surface area contributed by atoms with Crippen molar-refractivity contribution in [3.63, 3.8) is 0 Å². The first-order chi connectivity index (χ1) is 15.0. The van der Waals surface area contributed by atoms with Crippen molar-refractivity contribution in [3.8, 4) is 0 Å². The Kier molecular flexibility index (Phi) is 19.2. The Bertz CT molecular complexity index is 485. The minimum absolute atomic E-state index is 0.0248. The molecule has 0 bridgehead atoms. The predicted octanol–water partition coefficient (Wildman–Crippen LogP) is 4.18. The zero-order chi connectivity index (χ0) is 23.3. The summed E-state index contributed by atoms with van der Waals surface area (Å²) in [5.41, 5.74) is 0. The molecule has 0 aliphatic carbocycles. The van der Waals surface area contributed by atoms with Crippen LogP contribution in [0.3, 0.4) is 0 Å². The van der Waals surface area contributed by atoms with E-state index in [9.17, 15) is 14.4 Å². The molecular formula is C24H46N2O5. The second-order valence-corrected chi connectivity index (χ2v) is 7.87. The zero-order valence-corrected chi connectivity index (χ0v) is 20.5. The van der Waals surface area contributed by atoms with Gasteiger partial charge in [-0.2, -0.15) is 0 Å². The number of hydrogen-bond donors (Lipinski definition) is 0. The summed E-state index contributed by atoms with van der Waals surface area (Å²) in [5.74, 6) is -0.693. The van der Waals surface area contributed by atoms with E-state index in [2.05, 4.69) is 6.92 Å². The highest BCUT2D eigenvalue weighted by molar-refractivity contribution is 5.82. The highest BCUT2D eigenvalue weighted by Crippen LogP contribution is 2.11. The Morgan fingerprint density at radius 1 is 0.645 bits per heavy atom. The van der Waals surface area contributed by atoms with Crippen molar-refractivity contribution in [2.45, 2.75) is 91.9 Å². The third kappa shape index (κ3) is 16.7. The number of rotatable bonds is 20. The van der Waals surface area contributed by atoms with Gasteiger partial charge < -0.3 is 14.4 Å². The number of hydrogen-bond acceptors (Lipinski definition) is 6. The Morgan fingerprint density at radius 2 is 1.16 bits per heavy atom. The van der Waals surface area contributed by atoms with Crippen molar-refractivity contribution in [1.29, 1.82) is 0 Å². The summed E-state index contributed by atoms with van der Waals surface area (Å²) in [6.45, 7) is 10.1. The van der Waals surface area contributed by atoms with Crippen LogP contribution in [-0.4, -0.2) is 73.6 Å². The maximum absolute atomic E-state index is 12.7. The Morgan fingerprint density at radius 3 is 1.68 bits per heavy atom. The van der Waals surface area contributed by atoms with Crippen molar-refractivity contribution < 1.29 is 23.9 Å². The molecule has 0 aliphatic heterocycles. The van der Waals surface area contributed by atoms with E-state index in [1.807, 2.05) is 11.8 Å². The molecule has 7 nitrogen and oxygen atoms in total. The molecular weight excluding hydrogens is 396 g/mol. The standard InChI is InChI=1S/C24H46N2O5/c1-5-9-10-11-12-13-14-15-16-17-22(27)26(21-24(29)31-8-4)19-18-25(6-2)20-23(28)30-7-3/h5-21H2,1-4H3. The number of carbonyl (C=O) groups is 3. The van der Waals surface area contributed by atoms with Crippen LogP contribution in [0.4, 0.5) is 0 Å². The highest BCUT2D eigenvalue weighted by Gasteiger charge is 2.19. The Labute approximate surface area is 189 Å². The molecule has 0 rings (SSSR count). The van der Waals surface area contributed by atoms with E-state index in [4.69, 9.17) is 9.47 Å². The first-order valence-corrected chi connectivity index (χ1v) is 12.3. The van der Waals surface area contributed by atoms with E-state index in [1.54, 1.807) is 18.7 Å². The average molecular weight is 443 g/mol. The van der Waals surface area contributed by atoms with Gasteiger partial charge >= 0.3 is 11.9 Å². The maximum Gasteiger partial charge on any atom is 0.325 e. The molecule has 0 unspecified atom stereocenters. The topological polar surface area (TPSA) is 76.2 Å². The molecule has 31 heavy (non-hydrogen) atoms. The van der Waals surface area contributed by atoms with Crippen molar-refractivity contribution in [3.05, 3.63) is 0 Å². The summed E-state index contributed by atoms with van der Waals surface area (Å²) < 4.78 is 10.0. The van der Waals surface area contributed by atoms with Crippen LogP contribution in [0.15, 0.2) is 0 Å². The molecule has 1 amide bonds. The monoisotopic (exact) mass is 442 g/mol. The van der Waals surface area contributed by atoms with Gasteiger partial charge in [-0.05, 0) is 26.8 Å². The first-order valence-electron chi connectivity index (χ1n) is 12.3. The normalized spacial score (nSPS) is 10.9. The molecule has 0 aromatic heterocycles. The summed E-state index contributed by atoms with van der Waals surface area (Å²) >= 11 is 0. The summed E-state index contributed by atoms with van der Waals surface area (Å²) in [4.78, 5) is 39.9. The second kappa shape index (κ2) is 20.3. The van der Waals surface area contributed by atoms with Crippen molar-refractivity contribution in [2.75, 3.05) is 45.9 Å². The molecule has 0 fully saturated rings.